The molecular formula is C25H47NO2. The van der Waals surface area contributed by atoms with Crippen LogP contribution in [-0.4, -0.2) is 17.7 Å². The van der Waals surface area contributed by atoms with Gasteiger partial charge < -0.3 is 5.32 Å². The van der Waals surface area contributed by atoms with Gasteiger partial charge in [-0.1, -0.05) is 90.9 Å². The van der Waals surface area contributed by atoms with Crippen LogP contribution in [-0.2, 0) is 9.59 Å². The molecule has 0 aromatic rings. The van der Waals surface area contributed by atoms with Gasteiger partial charge in [-0.3, -0.25) is 9.59 Å². The first-order chi connectivity index (χ1) is 13.7. The Bertz CT molecular complexity index is 369. The van der Waals surface area contributed by atoms with Crippen LogP contribution in [0.1, 0.15) is 136 Å². The molecule has 0 aromatic carbocycles. The van der Waals surface area contributed by atoms with Crippen molar-refractivity contribution >= 4 is 11.7 Å². The van der Waals surface area contributed by atoms with Crippen LogP contribution in [0.25, 0.3) is 0 Å². The molecule has 0 aliphatic heterocycles. The normalized spacial score (nSPS) is 19.5. The van der Waals surface area contributed by atoms with E-state index in [0.29, 0.717) is 24.5 Å². The maximum absolute atomic E-state index is 12.4. The Morgan fingerprint density at radius 1 is 0.714 bits per heavy atom. The Kier molecular flexibility index (Phi) is 15.3. The van der Waals surface area contributed by atoms with E-state index in [4.69, 9.17) is 0 Å². The number of nitrogens with one attached hydrogen (secondary N) is 1. The highest BCUT2D eigenvalue weighted by Gasteiger charge is 2.27. The van der Waals surface area contributed by atoms with E-state index in [1.165, 1.54) is 70.6 Å². The zero-order valence-corrected chi connectivity index (χ0v) is 18.9. The van der Waals surface area contributed by atoms with Gasteiger partial charge in [-0.25, -0.2) is 0 Å². The fourth-order valence-corrected chi connectivity index (χ4v) is 4.48. The summed E-state index contributed by atoms with van der Waals surface area (Å²) in [5.41, 5.74) is 0. The molecule has 1 aliphatic rings. The van der Waals surface area contributed by atoms with E-state index < -0.39 is 0 Å². The van der Waals surface area contributed by atoms with Gasteiger partial charge >= 0.3 is 0 Å². The quantitative estimate of drug-likeness (QED) is 0.267. The predicted octanol–water partition coefficient (Wildman–Crippen LogP) is 7.12. The maximum Gasteiger partial charge on any atom is 0.220 e. The Morgan fingerprint density at radius 3 is 1.89 bits per heavy atom. The van der Waals surface area contributed by atoms with Crippen LogP contribution in [0.15, 0.2) is 0 Å². The van der Waals surface area contributed by atoms with Crippen LogP contribution >= 0.6 is 0 Å². The van der Waals surface area contributed by atoms with Gasteiger partial charge in [0.25, 0.3) is 0 Å². The van der Waals surface area contributed by atoms with E-state index in [1.54, 1.807) is 0 Å². The minimum absolute atomic E-state index is 0.204. The zero-order valence-electron chi connectivity index (χ0n) is 18.9. The molecule has 1 amide bonds. The standard InChI is InChI=1S/C25H47NO2/c1-3-5-7-9-11-13-18-23(27)21-22-17-15-16-19-24(22)26-25(28)20-14-12-10-8-6-4-2/h22,24H,3-21H2,1-2H3,(H,26,28)/t22-,24+/m1/s1. The number of amides is 1. The first kappa shape index (κ1) is 25.2. The molecule has 1 aliphatic carbocycles. The monoisotopic (exact) mass is 393 g/mol. The first-order valence-electron chi connectivity index (χ1n) is 12.5. The van der Waals surface area contributed by atoms with Crippen LogP contribution in [0, 0.1) is 5.92 Å². The van der Waals surface area contributed by atoms with Gasteiger partial charge in [0.2, 0.25) is 5.91 Å². The number of unbranched alkanes of at least 4 members (excludes halogenated alkanes) is 10. The van der Waals surface area contributed by atoms with Crippen LogP contribution < -0.4 is 5.32 Å². The van der Waals surface area contributed by atoms with Gasteiger partial charge in [0.05, 0.1) is 0 Å². The zero-order chi connectivity index (χ0) is 20.5. The molecule has 0 aromatic heterocycles. The van der Waals surface area contributed by atoms with Crippen molar-refractivity contribution in [3.63, 3.8) is 0 Å². The largest absolute Gasteiger partial charge is 0.353 e. The summed E-state index contributed by atoms with van der Waals surface area (Å²) >= 11 is 0. The molecule has 3 heteroatoms. The Morgan fingerprint density at radius 2 is 1.25 bits per heavy atom. The minimum Gasteiger partial charge on any atom is -0.353 e. The van der Waals surface area contributed by atoms with E-state index >= 15 is 0 Å². The molecule has 1 saturated carbocycles. The number of ketones is 1. The smallest absolute Gasteiger partial charge is 0.220 e. The number of hydrogen-bond donors (Lipinski definition) is 1. The molecule has 0 unspecified atom stereocenters. The second kappa shape index (κ2) is 17.0. The third kappa shape index (κ3) is 12.6. The van der Waals surface area contributed by atoms with Crippen molar-refractivity contribution in [2.75, 3.05) is 0 Å². The molecule has 0 radical (unpaired) electrons. The summed E-state index contributed by atoms with van der Waals surface area (Å²) < 4.78 is 0. The lowest BCUT2D eigenvalue weighted by atomic mass is 9.80. The number of rotatable bonds is 17. The molecule has 3 nitrogen and oxygen atoms in total. The summed E-state index contributed by atoms with van der Waals surface area (Å²) in [5, 5.41) is 3.28. The van der Waals surface area contributed by atoms with Crippen molar-refractivity contribution < 1.29 is 9.59 Å². The molecule has 0 bridgehead atoms. The molecule has 1 N–H and O–H groups in total. The number of carbonyl (C=O) groups excluding carboxylic acids is 2. The Hall–Kier alpha value is -0.860. The lowest BCUT2D eigenvalue weighted by Gasteiger charge is -2.32. The van der Waals surface area contributed by atoms with E-state index in [0.717, 1.165) is 38.5 Å². The van der Waals surface area contributed by atoms with Gasteiger partial charge in [0.15, 0.2) is 0 Å². The molecule has 28 heavy (non-hydrogen) atoms. The fraction of sp³-hybridized carbons (Fsp3) is 0.920. The molecule has 2 atom stereocenters. The SMILES string of the molecule is CCCCCCCCC(=O)C[C@H]1CCCC[C@@H]1NC(=O)CCCCCCCC. The summed E-state index contributed by atoms with van der Waals surface area (Å²) in [6.07, 6.45) is 21.3. The number of carbonyl (C=O) groups is 2. The number of Topliss-reactive ketones (excluding diaryl/α,β-unsaturated/α-hetero) is 1. The van der Waals surface area contributed by atoms with Gasteiger partial charge in [-0.2, -0.15) is 0 Å². The van der Waals surface area contributed by atoms with Crippen LogP contribution in [0.3, 0.4) is 0 Å². The molecule has 1 rings (SSSR count). The molecular weight excluding hydrogens is 346 g/mol. The molecule has 0 spiro atoms. The van der Waals surface area contributed by atoms with E-state index in [1.807, 2.05) is 0 Å². The highest BCUT2D eigenvalue weighted by molar-refractivity contribution is 5.79. The topological polar surface area (TPSA) is 46.2 Å². The first-order valence-corrected chi connectivity index (χ1v) is 12.5. The predicted molar refractivity (Wildman–Crippen MR) is 119 cm³/mol. The third-order valence-corrected chi connectivity index (χ3v) is 6.31. The van der Waals surface area contributed by atoms with Crippen molar-refractivity contribution in [3.05, 3.63) is 0 Å². The lowest BCUT2D eigenvalue weighted by molar-refractivity contribution is -0.124. The molecule has 0 heterocycles. The van der Waals surface area contributed by atoms with E-state index in [-0.39, 0.29) is 11.9 Å². The van der Waals surface area contributed by atoms with Crippen molar-refractivity contribution in [3.8, 4) is 0 Å². The average molecular weight is 394 g/mol. The van der Waals surface area contributed by atoms with Crippen molar-refractivity contribution in [1.82, 2.24) is 5.32 Å². The summed E-state index contributed by atoms with van der Waals surface area (Å²) in [6.45, 7) is 4.46. The second-order valence-electron chi connectivity index (χ2n) is 9.00. The summed E-state index contributed by atoms with van der Waals surface area (Å²) in [6, 6.07) is 0.231. The molecule has 164 valence electrons. The lowest BCUT2D eigenvalue weighted by Crippen LogP contribution is -2.42. The summed E-state index contributed by atoms with van der Waals surface area (Å²) in [5.74, 6) is 0.989. The highest BCUT2D eigenvalue weighted by atomic mass is 16.1. The summed E-state index contributed by atoms with van der Waals surface area (Å²) in [4.78, 5) is 24.7. The average Bonchev–Trinajstić information content (AvgIpc) is 2.69. The van der Waals surface area contributed by atoms with E-state index in [2.05, 4.69) is 19.2 Å². The van der Waals surface area contributed by atoms with Crippen molar-refractivity contribution in [1.29, 1.82) is 0 Å². The van der Waals surface area contributed by atoms with Gasteiger partial charge in [0.1, 0.15) is 5.78 Å². The van der Waals surface area contributed by atoms with Crippen LogP contribution in [0.2, 0.25) is 0 Å². The highest BCUT2D eigenvalue weighted by Crippen LogP contribution is 2.28. The minimum atomic E-state index is 0.204. The van der Waals surface area contributed by atoms with Crippen LogP contribution in [0.4, 0.5) is 0 Å². The van der Waals surface area contributed by atoms with E-state index in [9.17, 15) is 9.59 Å². The van der Waals surface area contributed by atoms with Gasteiger partial charge in [-0.05, 0) is 31.6 Å². The van der Waals surface area contributed by atoms with Crippen molar-refractivity contribution in [2.45, 2.75) is 142 Å². The Balaban J connectivity index is 2.21. The summed E-state index contributed by atoms with van der Waals surface area (Å²) in [7, 11) is 0. The Labute approximate surface area is 174 Å². The van der Waals surface area contributed by atoms with Crippen molar-refractivity contribution in [2.24, 2.45) is 5.92 Å². The van der Waals surface area contributed by atoms with Gasteiger partial charge in [0, 0.05) is 25.3 Å². The third-order valence-electron chi connectivity index (χ3n) is 6.31. The molecule has 0 saturated heterocycles. The second-order valence-corrected chi connectivity index (χ2v) is 9.00. The fourth-order valence-electron chi connectivity index (χ4n) is 4.48. The number of hydrogen-bond acceptors (Lipinski definition) is 2. The van der Waals surface area contributed by atoms with Crippen LogP contribution in [0.5, 0.6) is 0 Å². The molecule has 1 fully saturated rings. The van der Waals surface area contributed by atoms with Gasteiger partial charge in [-0.15, -0.1) is 0 Å². The maximum atomic E-state index is 12.4.